The topological polar surface area (TPSA) is 237 Å². The van der Waals surface area contributed by atoms with Crippen LogP contribution in [-0.2, 0) is 65.4 Å². The van der Waals surface area contributed by atoms with Gasteiger partial charge in [0.05, 0.1) is 26.4 Å². The maximum Gasteiger partial charge on any atom is 0.472 e. The molecule has 552 valence electrons. The molecule has 0 aliphatic heterocycles. The zero-order valence-electron chi connectivity index (χ0n) is 60.9. The molecule has 0 heterocycles. The summed E-state index contributed by atoms with van der Waals surface area (Å²) in [7, 11) is -9.91. The molecule has 3 N–H and O–H groups in total. The lowest BCUT2D eigenvalue weighted by atomic mass is 9.99. The molecule has 0 bridgehead atoms. The van der Waals surface area contributed by atoms with Gasteiger partial charge in [0.25, 0.3) is 0 Å². The Morgan fingerprint density at radius 3 is 0.763 bits per heavy atom. The predicted molar refractivity (Wildman–Crippen MR) is 377 cm³/mol. The van der Waals surface area contributed by atoms with Crippen molar-refractivity contribution in [1.29, 1.82) is 0 Å². The first-order valence-electron chi connectivity index (χ1n) is 38.2. The zero-order valence-corrected chi connectivity index (χ0v) is 62.7. The molecule has 0 rings (SSSR count). The van der Waals surface area contributed by atoms with Crippen LogP contribution in [0.5, 0.6) is 0 Å². The van der Waals surface area contributed by atoms with E-state index < -0.39 is 97.5 Å². The minimum absolute atomic E-state index is 0.104. The van der Waals surface area contributed by atoms with Crippen molar-refractivity contribution in [3.05, 3.63) is 0 Å². The van der Waals surface area contributed by atoms with Crippen LogP contribution in [0.25, 0.3) is 0 Å². The van der Waals surface area contributed by atoms with Crippen molar-refractivity contribution in [3.8, 4) is 0 Å². The highest BCUT2D eigenvalue weighted by atomic mass is 31.2. The van der Waals surface area contributed by atoms with Gasteiger partial charge in [-0.25, -0.2) is 9.13 Å². The second kappa shape index (κ2) is 63.5. The number of unbranched alkanes of at least 4 members (excludes halogenated alkanes) is 36. The van der Waals surface area contributed by atoms with E-state index in [1.54, 1.807) is 0 Å². The third-order valence-electron chi connectivity index (χ3n) is 17.4. The van der Waals surface area contributed by atoms with E-state index in [4.69, 9.17) is 37.0 Å². The molecule has 93 heavy (non-hydrogen) atoms. The number of esters is 4. The highest BCUT2D eigenvalue weighted by Gasteiger charge is 2.30. The molecule has 0 spiro atoms. The average molecular weight is 1370 g/mol. The van der Waals surface area contributed by atoms with E-state index in [0.717, 1.165) is 114 Å². The number of rotatable bonds is 71. The Hall–Kier alpha value is -1.94. The summed E-state index contributed by atoms with van der Waals surface area (Å²) in [5, 5.41) is 10.6. The summed E-state index contributed by atoms with van der Waals surface area (Å²) in [6, 6.07) is 0. The molecule has 0 fully saturated rings. The van der Waals surface area contributed by atoms with Crippen LogP contribution in [0.15, 0.2) is 0 Å². The standard InChI is InChI=1S/C74H144O17P2/c1-9-67(8)53-45-37-28-24-25-31-41-49-57-74(79)91-70(61-85-72(77)55-47-39-33-32-36-44-52-66(6)7)63-89-93(82,83)87-59-68(75)58-86-92(80,81)88-62-69(60-84-71(76)54-46-38-29-22-19-15-17-21-27-35-43-51-65(4)5)90-73(78)56-48-40-30-23-18-14-12-10-11-13-16-20-26-34-42-50-64(2)3/h64-70,75H,9-63H2,1-8H3,(H,80,81)(H,82,83)/t67?,68-,69-,70-/m1/s1. The lowest BCUT2D eigenvalue weighted by molar-refractivity contribution is -0.161. The summed E-state index contributed by atoms with van der Waals surface area (Å²) < 4.78 is 68.4. The Bertz CT molecular complexity index is 1840. The van der Waals surface area contributed by atoms with Gasteiger partial charge in [-0.1, -0.05) is 319 Å². The number of aliphatic hydroxyl groups is 1. The van der Waals surface area contributed by atoms with Gasteiger partial charge in [0.1, 0.15) is 19.3 Å². The second-order valence-corrected chi connectivity index (χ2v) is 31.3. The molecule has 6 atom stereocenters. The van der Waals surface area contributed by atoms with Crippen molar-refractivity contribution in [2.45, 2.75) is 388 Å². The smallest absolute Gasteiger partial charge is 0.462 e. The number of carbonyl (C=O) groups excluding carboxylic acids is 4. The highest BCUT2D eigenvalue weighted by molar-refractivity contribution is 7.47. The lowest BCUT2D eigenvalue weighted by Crippen LogP contribution is -2.30. The fraction of sp³-hybridized carbons (Fsp3) is 0.946. The third kappa shape index (κ3) is 67.0. The van der Waals surface area contributed by atoms with E-state index in [1.807, 2.05) is 0 Å². The van der Waals surface area contributed by atoms with E-state index in [-0.39, 0.29) is 25.7 Å². The van der Waals surface area contributed by atoms with Gasteiger partial charge in [0.15, 0.2) is 12.2 Å². The van der Waals surface area contributed by atoms with Gasteiger partial charge in [-0.2, -0.15) is 0 Å². The van der Waals surface area contributed by atoms with E-state index in [0.29, 0.717) is 31.6 Å². The van der Waals surface area contributed by atoms with Crippen molar-refractivity contribution < 1.29 is 80.2 Å². The molecule has 17 nitrogen and oxygen atoms in total. The van der Waals surface area contributed by atoms with Crippen molar-refractivity contribution in [2.24, 2.45) is 23.7 Å². The fourth-order valence-corrected chi connectivity index (χ4v) is 12.7. The lowest BCUT2D eigenvalue weighted by Gasteiger charge is -2.21. The molecule has 0 radical (unpaired) electrons. The molecular weight excluding hydrogens is 1220 g/mol. The van der Waals surface area contributed by atoms with Gasteiger partial charge in [-0.05, 0) is 49.4 Å². The number of aliphatic hydroxyl groups excluding tert-OH is 1. The molecule has 0 aliphatic carbocycles. The summed E-state index contributed by atoms with van der Waals surface area (Å²) in [4.78, 5) is 72.7. The Morgan fingerprint density at radius 2 is 0.516 bits per heavy atom. The molecule has 0 aromatic carbocycles. The molecule has 0 amide bonds. The summed E-state index contributed by atoms with van der Waals surface area (Å²) in [5.74, 6) is 0.896. The number of hydrogen-bond donors (Lipinski definition) is 3. The Kier molecular flexibility index (Phi) is 62.2. The van der Waals surface area contributed by atoms with Gasteiger partial charge in [-0.3, -0.25) is 37.3 Å². The molecule has 0 saturated carbocycles. The summed E-state index contributed by atoms with van der Waals surface area (Å²) in [6.07, 6.45) is 47.3. The number of carbonyl (C=O) groups is 4. The third-order valence-corrected chi connectivity index (χ3v) is 19.3. The van der Waals surface area contributed by atoms with Crippen LogP contribution in [0.1, 0.15) is 370 Å². The molecule has 0 aromatic rings. The minimum Gasteiger partial charge on any atom is -0.462 e. The average Bonchev–Trinajstić information content (AvgIpc) is 2.22. The van der Waals surface area contributed by atoms with Crippen LogP contribution in [-0.4, -0.2) is 96.7 Å². The SMILES string of the molecule is CCC(C)CCCCCCCCCCC(=O)O[C@H](COC(=O)CCCCCCCCC(C)C)COP(=O)(O)OC[C@H](O)COP(=O)(O)OC[C@@H](COC(=O)CCCCCCCCCCCCCC(C)C)OC(=O)CCCCCCCCCCCCCCCCCC(C)C. The van der Waals surface area contributed by atoms with Gasteiger partial charge in [-0.15, -0.1) is 0 Å². The maximum absolute atomic E-state index is 13.1. The Balaban J connectivity index is 5.24. The summed E-state index contributed by atoms with van der Waals surface area (Å²) >= 11 is 0. The minimum atomic E-state index is -4.96. The van der Waals surface area contributed by atoms with Crippen LogP contribution in [0, 0.1) is 23.7 Å². The highest BCUT2D eigenvalue weighted by Crippen LogP contribution is 2.45. The van der Waals surface area contributed by atoms with Gasteiger partial charge < -0.3 is 33.8 Å². The number of phosphoric acid groups is 2. The molecule has 0 aromatic heterocycles. The summed E-state index contributed by atoms with van der Waals surface area (Å²) in [6.45, 7) is 14.1. The van der Waals surface area contributed by atoms with Crippen LogP contribution in [0.2, 0.25) is 0 Å². The number of ether oxygens (including phenoxy) is 4. The normalized spacial score (nSPS) is 14.5. The van der Waals surface area contributed by atoms with E-state index in [2.05, 4.69) is 55.4 Å². The first-order valence-corrected chi connectivity index (χ1v) is 41.2. The van der Waals surface area contributed by atoms with Gasteiger partial charge in [0, 0.05) is 25.7 Å². The maximum atomic E-state index is 13.1. The van der Waals surface area contributed by atoms with Crippen LogP contribution >= 0.6 is 15.6 Å². The van der Waals surface area contributed by atoms with E-state index in [9.17, 15) is 43.2 Å². The number of hydrogen-bond acceptors (Lipinski definition) is 15. The quantitative estimate of drug-likeness (QED) is 0.0222. The largest absolute Gasteiger partial charge is 0.472 e. The van der Waals surface area contributed by atoms with Crippen molar-refractivity contribution >= 4 is 39.5 Å². The Morgan fingerprint density at radius 1 is 0.301 bits per heavy atom. The van der Waals surface area contributed by atoms with Gasteiger partial charge >= 0.3 is 39.5 Å². The first-order chi connectivity index (χ1) is 44.6. The Labute approximate surface area is 568 Å². The second-order valence-electron chi connectivity index (χ2n) is 28.4. The van der Waals surface area contributed by atoms with E-state index in [1.165, 1.54) is 167 Å². The molecule has 19 heteroatoms. The monoisotopic (exact) mass is 1370 g/mol. The molecule has 0 aliphatic rings. The first kappa shape index (κ1) is 91.1. The van der Waals surface area contributed by atoms with Crippen molar-refractivity contribution in [3.63, 3.8) is 0 Å². The van der Waals surface area contributed by atoms with Crippen molar-refractivity contribution in [1.82, 2.24) is 0 Å². The summed E-state index contributed by atoms with van der Waals surface area (Å²) in [5.41, 5.74) is 0. The van der Waals surface area contributed by atoms with Crippen LogP contribution in [0.3, 0.4) is 0 Å². The van der Waals surface area contributed by atoms with Gasteiger partial charge in [0.2, 0.25) is 0 Å². The van der Waals surface area contributed by atoms with Crippen LogP contribution < -0.4 is 0 Å². The molecule has 3 unspecified atom stereocenters. The number of phosphoric ester groups is 2. The zero-order chi connectivity index (χ0) is 68.9. The van der Waals surface area contributed by atoms with Crippen molar-refractivity contribution in [2.75, 3.05) is 39.6 Å². The van der Waals surface area contributed by atoms with Crippen LogP contribution in [0.4, 0.5) is 0 Å². The predicted octanol–water partition coefficient (Wildman–Crippen LogP) is 21.3. The fourth-order valence-electron chi connectivity index (χ4n) is 11.2. The molecular formula is C74H144O17P2. The van der Waals surface area contributed by atoms with E-state index >= 15 is 0 Å². The molecule has 0 saturated heterocycles.